The van der Waals surface area contributed by atoms with Crippen LogP contribution in [0.4, 0.5) is 5.69 Å². The predicted octanol–water partition coefficient (Wildman–Crippen LogP) is 3.82. The molecule has 12 heteroatoms. The number of aryl methyl sites for hydroxylation is 1. The lowest BCUT2D eigenvalue weighted by Crippen LogP contribution is -2.41. The summed E-state index contributed by atoms with van der Waals surface area (Å²) in [4.78, 5) is 13.0. The van der Waals surface area contributed by atoms with Gasteiger partial charge in [-0.25, -0.2) is 16.8 Å². The second-order valence-corrected chi connectivity index (χ2v) is 13.3. The highest BCUT2D eigenvalue weighted by Gasteiger charge is 2.28. The van der Waals surface area contributed by atoms with Gasteiger partial charge in [0.1, 0.15) is 18.9 Å². The molecule has 0 aromatic heterocycles. The summed E-state index contributed by atoms with van der Waals surface area (Å²) in [6, 6.07) is 18.8. The topological polar surface area (TPSA) is 113 Å². The molecule has 1 fully saturated rings. The number of amides is 1. The Labute approximate surface area is 234 Å². The molecular weight excluding hydrogens is 562 g/mol. The van der Waals surface area contributed by atoms with Crippen molar-refractivity contribution in [2.24, 2.45) is 0 Å². The monoisotopic (exact) mass is 591 g/mol. The van der Waals surface area contributed by atoms with E-state index in [0.29, 0.717) is 23.9 Å². The highest BCUT2D eigenvalue weighted by atomic mass is 35.5. The van der Waals surface area contributed by atoms with E-state index in [1.165, 1.54) is 34.6 Å². The third-order valence-corrected chi connectivity index (χ3v) is 10.1. The molecule has 0 unspecified atom stereocenters. The number of rotatable bonds is 11. The molecule has 0 spiro atoms. The van der Waals surface area contributed by atoms with E-state index < -0.39 is 32.5 Å². The fourth-order valence-electron chi connectivity index (χ4n) is 4.11. The van der Waals surface area contributed by atoms with Crippen LogP contribution in [0.3, 0.4) is 0 Å². The Balaban J connectivity index is 1.36. The van der Waals surface area contributed by atoms with Gasteiger partial charge in [0.25, 0.3) is 10.0 Å². The van der Waals surface area contributed by atoms with Crippen molar-refractivity contribution in [1.82, 2.24) is 9.62 Å². The summed E-state index contributed by atoms with van der Waals surface area (Å²) in [7, 11) is -7.55. The molecule has 1 aliphatic rings. The first kappa shape index (κ1) is 28.9. The smallest absolute Gasteiger partial charge is 0.264 e. The Morgan fingerprint density at radius 2 is 1.59 bits per heavy atom. The van der Waals surface area contributed by atoms with Crippen molar-refractivity contribution < 1.29 is 26.4 Å². The maximum atomic E-state index is 13.4. The maximum absolute atomic E-state index is 13.4. The Hall–Kier alpha value is -3.12. The van der Waals surface area contributed by atoms with Gasteiger partial charge >= 0.3 is 0 Å². The van der Waals surface area contributed by atoms with Gasteiger partial charge in [-0.15, -0.1) is 0 Å². The van der Waals surface area contributed by atoms with Crippen LogP contribution in [-0.4, -0.2) is 59.8 Å². The van der Waals surface area contributed by atoms with Crippen LogP contribution in [0.15, 0.2) is 82.6 Å². The molecule has 3 aromatic rings. The van der Waals surface area contributed by atoms with Gasteiger partial charge in [0.15, 0.2) is 0 Å². The molecule has 0 bridgehead atoms. The first-order valence-electron chi connectivity index (χ1n) is 12.4. The Kier molecular flexibility index (Phi) is 9.16. The predicted molar refractivity (Wildman–Crippen MR) is 150 cm³/mol. The van der Waals surface area contributed by atoms with E-state index in [9.17, 15) is 21.6 Å². The summed E-state index contributed by atoms with van der Waals surface area (Å²) < 4.78 is 60.3. The highest BCUT2D eigenvalue weighted by Crippen LogP contribution is 2.26. The summed E-state index contributed by atoms with van der Waals surface area (Å²) in [6.45, 7) is 2.67. The van der Waals surface area contributed by atoms with Crippen molar-refractivity contribution in [2.45, 2.75) is 29.6 Å². The lowest BCUT2D eigenvalue weighted by atomic mass is 10.2. The molecule has 0 saturated carbocycles. The van der Waals surface area contributed by atoms with E-state index in [4.69, 9.17) is 16.3 Å². The first-order chi connectivity index (χ1) is 18.6. The van der Waals surface area contributed by atoms with E-state index >= 15 is 0 Å². The number of hydrogen-bond donors (Lipinski definition) is 1. The van der Waals surface area contributed by atoms with Crippen molar-refractivity contribution in [3.05, 3.63) is 83.4 Å². The van der Waals surface area contributed by atoms with E-state index in [1.54, 1.807) is 42.5 Å². The largest absolute Gasteiger partial charge is 0.492 e. The maximum Gasteiger partial charge on any atom is 0.264 e. The van der Waals surface area contributed by atoms with Gasteiger partial charge < -0.3 is 10.1 Å². The molecule has 1 N–H and O–H groups in total. The first-order valence-corrected chi connectivity index (χ1v) is 15.7. The van der Waals surface area contributed by atoms with Crippen molar-refractivity contribution >= 4 is 43.2 Å². The third-order valence-electron chi connectivity index (χ3n) is 6.21. The highest BCUT2D eigenvalue weighted by molar-refractivity contribution is 7.92. The zero-order chi connectivity index (χ0) is 28.0. The number of nitrogens with zero attached hydrogens (tertiary/aromatic N) is 2. The van der Waals surface area contributed by atoms with Crippen LogP contribution in [0.2, 0.25) is 5.02 Å². The lowest BCUT2D eigenvalue weighted by Gasteiger charge is -2.24. The van der Waals surface area contributed by atoms with Crippen LogP contribution in [0.5, 0.6) is 5.75 Å². The van der Waals surface area contributed by atoms with Crippen molar-refractivity contribution in [2.75, 3.05) is 37.1 Å². The molecule has 0 radical (unpaired) electrons. The van der Waals surface area contributed by atoms with Crippen LogP contribution >= 0.6 is 11.6 Å². The van der Waals surface area contributed by atoms with Gasteiger partial charge in [0.2, 0.25) is 15.9 Å². The SMILES string of the molecule is Cc1ccc(S(=O)(=O)N(CC(=O)NCCOc2ccc(S(=O)(=O)N3CCCC3)cc2)c2cccc(Cl)c2)cc1. The standard InChI is InChI=1S/C27H30ClN3O6S2/c1-21-7-11-26(12-8-21)39(35,36)31(23-6-4-5-22(28)19-23)20-27(32)29-15-18-37-24-9-13-25(14-10-24)38(33,34)30-16-2-3-17-30/h4-14,19H,2-3,15-18,20H2,1H3,(H,29,32). The number of carbonyl (C=O) groups excluding carboxylic acids is 1. The second kappa shape index (κ2) is 12.4. The molecule has 0 atom stereocenters. The van der Waals surface area contributed by atoms with Crippen molar-refractivity contribution in [1.29, 1.82) is 0 Å². The number of halogens is 1. The number of anilines is 1. The minimum absolute atomic E-state index is 0.0550. The quantitative estimate of drug-likeness (QED) is 0.339. The van der Waals surface area contributed by atoms with Gasteiger partial charge in [-0.1, -0.05) is 35.4 Å². The summed E-state index contributed by atoms with van der Waals surface area (Å²) in [5.74, 6) is -0.0755. The number of nitrogens with one attached hydrogen (secondary N) is 1. The van der Waals surface area contributed by atoms with E-state index in [1.807, 2.05) is 6.92 Å². The van der Waals surface area contributed by atoms with Gasteiger partial charge in [0.05, 0.1) is 22.0 Å². The summed E-state index contributed by atoms with van der Waals surface area (Å²) in [6.07, 6.45) is 1.72. The molecular formula is C27H30ClN3O6S2. The molecule has 1 saturated heterocycles. The number of hydrogen-bond acceptors (Lipinski definition) is 6. The summed E-state index contributed by atoms with van der Waals surface area (Å²) >= 11 is 6.10. The van der Waals surface area contributed by atoms with E-state index in [2.05, 4.69) is 5.32 Å². The van der Waals surface area contributed by atoms with Crippen LogP contribution in [0, 0.1) is 6.92 Å². The van der Waals surface area contributed by atoms with Gasteiger partial charge in [0, 0.05) is 18.1 Å². The molecule has 1 heterocycles. The van der Waals surface area contributed by atoms with E-state index in [0.717, 1.165) is 22.7 Å². The molecule has 39 heavy (non-hydrogen) atoms. The number of sulfonamides is 2. The van der Waals surface area contributed by atoms with Crippen LogP contribution in [0.25, 0.3) is 0 Å². The van der Waals surface area contributed by atoms with Gasteiger partial charge in [-0.05, 0) is 74.4 Å². The molecule has 1 aliphatic heterocycles. The molecule has 4 rings (SSSR count). The number of ether oxygens (including phenoxy) is 1. The summed E-state index contributed by atoms with van der Waals surface area (Å²) in [5.41, 5.74) is 1.17. The Morgan fingerprint density at radius 1 is 0.949 bits per heavy atom. The van der Waals surface area contributed by atoms with Crippen LogP contribution in [-0.2, 0) is 24.8 Å². The number of benzene rings is 3. The normalized spacial score (nSPS) is 14.2. The fraction of sp³-hybridized carbons (Fsp3) is 0.296. The van der Waals surface area contributed by atoms with Crippen LogP contribution < -0.4 is 14.4 Å². The fourth-order valence-corrected chi connectivity index (χ4v) is 7.23. The van der Waals surface area contributed by atoms with Gasteiger partial charge in [-0.3, -0.25) is 9.10 Å². The zero-order valence-corrected chi connectivity index (χ0v) is 23.8. The van der Waals surface area contributed by atoms with E-state index in [-0.39, 0.29) is 28.6 Å². The Morgan fingerprint density at radius 3 is 2.23 bits per heavy atom. The lowest BCUT2D eigenvalue weighted by molar-refractivity contribution is -0.119. The van der Waals surface area contributed by atoms with Crippen molar-refractivity contribution in [3.63, 3.8) is 0 Å². The third kappa shape index (κ3) is 7.10. The molecule has 0 aliphatic carbocycles. The average molecular weight is 592 g/mol. The Bertz CT molecular complexity index is 1510. The molecule has 1 amide bonds. The van der Waals surface area contributed by atoms with Crippen molar-refractivity contribution in [3.8, 4) is 5.75 Å². The van der Waals surface area contributed by atoms with Gasteiger partial charge in [-0.2, -0.15) is 4.31 Å². The minimum Gasteiger partial charge on any atom is -0.492 e. The molecule has 3 aromatic carbocycles. The zero-order valence-electron chi connectivity index (χ0n) is 21.4. The second-order valence-electron chi connectivity index (χ2n) is 9.09. The number of carbonyl (C=O) groups is 1. The summed E-state index contributed by atoms with van der Waals surface area (Å²) in [5, 5.41) is 3.01. The molecule has 9 nitrogen and oxygen atoms in total. The minimum atomic E-state index is -4.05. The average Bonchev–Trinajstić information content (AvgIpc) is 3.46. The molecule has 208 valence electrons. The van der Waals surface area contributed by atoms with Crippen LogP contribution in [0.1, 0.15) is 18.4 Å².